The van der Waals surface area contributed by atoms with Crippen molar-refractivity contribution >= 4 is 0 Å². The second-order valence-electron chi connectivity index (χ2n) is 1.49. The zero-order valence-electron chi connectivity index (χ0n) is 5.84. The van der Waals surface area contributed by atoms with Crippen LogP contribution in [0, 0.1) is 14.4 Å². The van der Waals surface area contributed by atoms with Crippen molar-refractivity contribution in [1.29, 1.82) is 0 Å². The Morgan fingerprint density at radius 1 is 1.10 bits per heavy atom. The normalized spacial score (nSPS) is 6.50. The van der Waals surface area contributed by atoms with Gasteiger partial charge in [0.2, 0.25) is 0 Å². The Hall–Kier alpha value is -0.604. The van der Waals surface area contributed by atoms with Crippen LogP contribution in [-0.4, -0.2) is 0 Å². The molecule has 0 unspecified atom stereocenters. The van der Waals surface area contributed by atoms with Crippen LogP contribution in [0.4, 0.5) is 0 Å². The second-order valence-corrected chi connectivity index (χ2v) is 1.49. The minimum atomic E-state index is 0. The second kappa shape index (κ2) is 8.40. The fraction of sp³-hybridized carbons (Fsp3) is 0. The summed E-state index contributed by atoms with van der Waals surface area (Å²) < 4.78 is 7.94. The van der Waals surface area contributed by atoms with E-state index in [1.807, 2.05) is 30.3 Å². The first-order valence-electron chi connectivity index (χ1n) is 2.40. The van der Waals surface area contributed by atoms with Crippen LogP contribution in [0.25, 0.3) is 0 Å². The van der Waals surface area contributed by atoms with Gasteiger partial charge in [0, 0.05) is 0 Å². The topological polar surface area (TPSA) is 17.1 Å². The summed E-state index contributed by atoms with van der Waals surface area (Å²) in [5.74, 6) is 0. The van der Waals surface area contributed by atoms with E-state index in [9.17, 15) is 0 Å². The van der Waals surface area contributed by atoms with Crippen molar-refractivity contribution in [3.63, 3.8) is 0 Å². The van der Waals surface area contributed by atoms with E-state index in [-0.39, 0.29) is 7.43 Å². The van der Waals surface area contributed by atoms with E-state index in [2.05, 4.69) is 22.6 Å². The summed E-state index contributed by atoms with van der Waals surface area (Å²) in [6, 6.07) is 9.87. The first-order chi connectivity index (χ1) is 4.39. The molecule has 0 bridgehead atoms. The third-order valence-electron chi connectivity index (χ3n) is 0.843. The number of rotatable bonds is 0. The van der Waals surface area contributed by atoms with Crippen LogP contribution in [0.5, 0.6) is 0 Å². The van der Waals surface area contributed by atoms with Crippen molar-refractivity contribution < 1.29 is 19.5 Å². The SMILES string of the molecule is [CH2-]c1ccccc1.[CH3-].[O]=[Co]. The molecule has 0 heterocycles. The summed E-state index contributed by atoms with van der Waals surface area (Å²) in [6.07, 6.45) is 0. The molecule has 1 rings (SSSR count). The Bertz CT molecular complexity index is 151. The van der Waals surface area contributed by atoms with Crippen LogP contribution < -0.4 is 0 Å². The van der Waals surface area contributed by atoms with Crippen LogP contribution in [0.3, 0.4) is 0 Å². The zero-order valence-corrected chi connectivity index (χ0v) is 6.88. The number of hydrogen-bond donors (Lipinski definition) is 0. The third kappa shape index (κ3) is 5.53. The summed E-state index contributed by atoms with van der Waals surface area (Å²) in [5, 5.41) is 0. The molecular weight excluding hydrogens is 171 g/mol. The van der Waals surface area contributed by atoms with Gasteiger partial charge in [0.25, 0.3) is 0 Å². The molecule has 0 aromatic heterocycles. The predicted molar refractivity (Wildman–Crippen MR) is 38.0 cm³/mol. The Morgan fingerprint density at radius 2 is 1.50 bits per heavy atom. The van der Waals surface area contributed by atoms with Crippen molar-refractivity contribution in [1.82, 2.24) is 0 Å². The molecule has 0 saturated carbocycles. The van der Waals surface area contributed by atoms with Gasteiger partial charge in [0.15, 0.2) is 0 Å². The van der Waals surface area contributed by atoms with Crippen LogP contribution in [-0.2, 0) is 19.5 Å². The Morgan fingerprint density at radius 3 is 1.70 bits per heavy atom. The molecule has 1 aromatic carbocycles. The summed E-state index contributed by atoms with van der Waals surface area (Å²) >= 11 is 2.31. The summed E-state index contributed by atoms with van der Waals surface area (Å²) in [4.78, 5) is 0. The third-order valence-corrected chi connectivity index (χ3v) is 0.843. The maximum absolute atomic E-state index is 7.94. The van der Waals surface area contributed by atoms with Gasteiger partial charge in [-0.3, -0.25) is 0 Å². The summed E-state index contributed by atoms with van der Waals surface area (Å²) in [7, 11) is 0. The molecule has 0 aliphatic carbocycles. The summed E-state index contributed by atoms with van der Waals surface area (Å²) in [5.41, 5.74) is 1.07. The number of hydrogen-bond acceptors (Lipinski definition) is 1. The molecule has 0 atom stereocenters. The van der Waals surface area contributed by atoms with E-state index in [0.29, 0.717) is 0 Å². The van der Waals surface area contributed by atoms with E-state index in [0.717, 1.165) is 5.56 Å². The minimum absolute atomic E-state index is 0. The molecule has 1 nitrogen and oxygen atoms in total. The van der Waals surface area contributed by atoms with E-state index < -0.39 is 0 Å². The van der Waals surface area contributed by atoms with Gasteiger partial charge in [-0.15, -0.1) is 12.1 Å². The Kier molecular flexibility index (Phi) is 10.2. The quantitative estimate of drug-likeness (QED) is 0.560. The van der Waals surface area contributed by atoms with Crippen LogP contribution in [0.15, 0.2) is 30.3 Å². The average Bonchev–Trinajstić information content (AvgIpc) is 1.94. The van der Waals surface area contributed by atoms with E-state index in [4.69, 9.17) is 3.87 Å². The molecular formula is C8H10CoO-2. The molecule has 2 heteroatoms. The molecule has 0 N–H and O–H groups in total. The first kappa shape index (κ1) is 12.1. The van der Waals surface area contributed by atoms with Crippen LogP contribution >= 0.6 is 0 Å². The van der Waals surface area contributed by atoms with Gasteiger partial charge in [-0.05, 0) is 0 Å². The van der Waals surface area contributed by atoms with Gasteiger partial charge in [-0.1, -0.05) is 6.07 Å². The van der Waals surface area contributed by atoms with Gasteiger partial charge in [-0.2, -0.15) is 24.6 Å². The van der Waals surface area contributed by atoms with E-state index in [1.165, 1.54) is 0 Å². The van der Waals surface area contributed by atoms with Gasteiger partial charge in [0.1, 0.15) is 0 Å². The average molecular weight is 181 g/mol. The van der Waals surface area contributed by atoms with Crippen molar-refractivity contribution in [2.24, 2.45) is 0 Å². The molecule has 59 valence electrons. The molecule has 1 aromatic rings. The fourth-order valence-electron chi connectivity index (χ4n) is 0.478. The first-order valence-corrected chi connectivity index (χ1v) is 2.83. The van der Waals surface area contributed by atoms with Crippen molar-refractivity contribution in [2.75, 3.05) is 0 Å². The zero-order chi connectivity index (χ0) is 7.11. The Balaban J connectivity index is 0. The van der Waals surface area contributed by atoms with Gasteiger partial charge in [-0.25, -0.2) is 0 Å². The van der Waals surface area contributed by atoms with Gasteiger partial charge < -0.3 is 7.43 Å². The molecule has 0 amide bonds. The fourth-order valence-corrected chi connectivity index (χ4v) is 0.478. The molecule has 0 saturated heterocycles. The van der Waals surface area contributed by atoms with Crippen molar-refractivity contribution in [3.05, 3.63) is 50.2 Å². The molecule has 0 spiro atoms. The van der Waals surface area contributed by atoms with Crippen LogP contribution in [0.1, 0.15) is 5.56 Å². The molecule has 10 heavy (non-hydrogen) atoms. The molecule has 0 radical (unpaired) electrons. The standard InChI is InChI=1S/C7H7.CH3.Co.O/c1-7-5-3-2-4-6-7;;;/h2-6H,1H2;1H3;;/q2*-1;;. The summed E-state index contributed by atoms with van der Waals surface area (Å²) in [6.45, 7) is 3.72. The van der Waals surface area contributed by atoms with Crippen molar-refractivity contribution in [3.8, 4) is 0 Å². The molecule has 0 aliphatic rings. The van der Waals surface area contributed by atoms with Gasteiger partial charge in [0.05, 0.1) is 0 Å². The molecule has 0 aliphatic heterocycles. The monoisotopic (exact) mass is 181 g/mol. The van der Waals surface area contributed by atoms with Gasteiger partial charge >= 0.3 is 19.5 Å². The number of benzene rings is 1. The Labute approximate surface area is 70.2 Å². The maximum atomic E-state index is 7.94. The molecule has 0 fully saturated rings. The van der Waals surface area contributed by atoms with Crippen molar-refractivity contribution in [2.45, 2.75) is 0 Å². The van der Waals surface area contributed by atoms with E-state index in [1.54, 1.807) is 0 Å². The van der Waals surface area contributed by atoms with E-state index >= 15 is 0 Å². The predicted octanol–water partition coefficient (Wildman–Crippen LogP) is 2.20. The van der Waals surface area contributed by atoms with Crippen LogP contribution in [0.2, 0.25) is 0 Å².